The zero-order valence-corrected chi connectivity index (χ0v) is 19.9. The molecule has 1 fully saturated rings. The van der Waals surface area contributed by atoms with Crippen molar-refractivity contribution in [2.45, 2.75) is 5.03 Å². The Hall–Kier alpha value is -3.69. The van der Waals surface area contributed by atoms with Gasteiger partial charge in [-0.2, -0.15) is 0 Å². The van der Waals surface area contributed by atoms with Crippen LogP contribution in [0, 0.1) is 0 Å². The number of benzene rings is 1. The van der Waals surface area contributed by atoms with E-state index < -0.39 is 6.09 Å². The van der Waals surface area contributed by atoms with E-state index in [1.54, 1.807) is 36.5 Å². The van der Waals surface area contributed by atoms with Crippen molar-refractivity contribution in [3.8, 4) is 0 Å². The molecule has 0 bridgehead atoms. The van der Waals surface area contributed by atoms with Crippen LogP contribution in [0.1, 0.15) is 16.1 Å². The van der Waals surface area contributed by atoms with Crippen LogP contribution >= 0.6 is 11.8 Å². The number of nitrogens with zero attached hydrogens (tertiary/aromatic N) is 3. The van der Waals surface area contributed by atoms with Crippen LogP contribution in [0.15, 0.2) is 78.0 Å². The quantitative estimate of drug-likeness (QED) is 0.202. The lowest BCUT2D eigenvalue weighted by Gasteiger charge is -2.27. The lowest BCUT2D eigenvalue weighted by molar-refractivity contribution is 0.104. The molecule has 1 N–H and O–H groups in total. The second-order valence-corrected chi connectivity index (χ2v) is 8.69. The molecule has 0 atom stereocenters. The second kappa shape index (κ2) is 12.7. The van der Waals surface area contributed by atoms with E-state index in [9.17, 15) is 9.59 Å². The van der Waals surface area contributed by atoms with Crippen molar-refractivity contribution in [2.24, 2.45) is 0 Å². The van der Waals surface area contributed by atoms with Gasteiger partial charge in [0.15, 0.2) is 5.78 Å². The molecule has 0 aliphatic carbocycles. The first-order valence-corrected chi connectivity index (χ1v) is 12.3. The van der Waals surface area contributed by atoms with E-state index in [0.29, 0.717) is 35.9 Å². The number of ketones is 1. The van der Waals surface area contributed by atoms with Crippen molar-refractivity contribution in [1.82, 2.24) is 9.97 Å². The first-order valence-electron chi connectivity index (χ1n) is 11.3. The fourth-order valence-corrected chi connectivity index (χ4v) is 4.03. The van der Waals surface area contributed by atoms with E-state index >= 15 is 0 Å². The van der Waals surface area contributed by atoms with Crippen molar-refractivity contribution in [1.29, 1.82) is 0 Å². The summed E-state index contributed by atoms with van der Waals surface area (Å²) in [6.45, 7) is 3.24. The first-order chi connectivity index (χ1) is 17.2. The Morgan fingerprint density at radius 1 is 1.06 bits per heavy atom. The molecular weight excluding hydrogens is 464 g/mol. The lowest BCUT2D eigenvalue weighted by atomic mass is 10.1. The Labute approximate surface area is 208 Å². The molecule has 3 aromatic rings. The largest absolute Gasteiger partial charge is 0.448 e. The summed E-state index contributed by atoms with van der Waals surface area (Å²) in [4.78, 5) is 35.5. The van der Waals surface area contributed by atoms with Crippen LogP contribution in [0.3, 0.4) is 0 Å². The average Bonchev–Trinajstić information content (AvgIpc) is 2.91. The summed E-state index contributed by atoms with van der Waals surface area (Å²) in [7, 11) is 0. The van der Waals surface area contributed by atoms with Gasteiger partial charge in [0.05, 0.1) is 23.9 Å². The third-order valence-electron chi connectivity index (χ3n) is 5.12. The summed E-state index contributed by atoms with van der Waals surface area (Å²) < 4.78 is 10.6. The van der Waals surface area contributed by atoms with Crippen LogP contribution in [0.5, 0.6) is 0 Å². The summed E-state index contributed by atoms with van der Waals surface area (Å²) in [5.41, 5.74) is 1.77. The van der Waals surface area contributed by atoms with Gasteiger partial charge in [-0.1, -0.05) is 12.1 Å². The molecular formula is C26H26N4O4S. The smallest absolute Gasteiger partial charge is 0.411 e. The van der Waals surface area contributed by atoms with Crippen molar-refractivity contribution in [2.75, 3.05) is 48.9 Å². The standard InChI is InChI=1S/C26H26N4O4S/c31-23(12-11-21-4-3-5-24(28-21)30-14-16-33-17-15-30)20-7-9-22(10-8-20)29-26(32)34-18-19-35-25-6-1-2-13-27-25/h1-13H,14-19H2,(H,29,32)/b12-11+. The number of amides is 1. The van der Waals surface area contributed by atoms with Crippen molar-refractivity contribution >= 4 is 41.2 Å². The van der Waals surface area contributed by atoms with Gasteiger partial charge in [-0.15, -0.1) is 11.8 Å². The molecule has 2 aromatic heterocycles. The number of thioether (sulfide) groups is 1. The highest BCUT2D eigenvalue weighted by atomic mass is 32.2. The first kappa shape index (κ1) is 24.4. The minimum Gasteiger partial charge on any atom is -0.448 e. The minimum absolute atomic E-state index is 0.149. The van der Waals surface area contributed by atoms with Gasteiger partial charge in [-0.05, 0) is 60.7 Å². The highest BCUT2D eigenvalue weighted by molar-refractivity contribution is 7.99. The Morgan fingerprint density at radius 3 is 2.66 bits per heavy atom. The zero-order chi connectivity index (χ0) is 24.3. The van der Waals surface area contributed by atoms with E-state index in [4.69, 9.17) is 9.47 Å². The molecule has 3 heterocycles. The number of morpholine rings is 1. The maximum Gasteiger partial charge on any atom is 0.411 e. The van der Waals surface area contributed by atoms with Gasteiger partial charge < -0.3 is 14.4 Å². The fraction of sp³-hybridized carbons (Fsp3) is 0.231. The summed E-state index contributed by atoms with van der Waals surface area (Å²) >= 11 is 1.51. The van der Waals surface area contributed by atoms with Crippen molar-refractivity contribution in [3.05, 3.63) is 84.2 Å². The summed E-state index contributed by atoms with van der Waals surface area (Å²) in [5.74, 6) is 1.33. The normalized spacial score (nSPS) is 13.5. The number of nitrogens with one attached hydrogen (secondary N) is 1. The van der Waals surface area contributed by atoms with Crippen LogP contribution in [0.25, 0.3) is 6.08 Å². The maximum absolute atomic E-state index is 12.6. The van der Waals surface area contributed by atoms with Gasteiger partial charge in [-0.3, -0.25) is 10.1 Å². The topological polar surface area (TPSA) is 93.7 Å². The molecule has 1 aliphatic heterocycles. The predicted molar refractivity (Wildman–Crippen MR) is 137 cm³/mol. The molecule has 4 rings (SSSR count). The Bertz CT molecular complexity index is 1150. The second-order valence-electron chi connectivity index (χ2n) is 7.57. The molecule has 0 unspecified atom stereocenters. The van der Waals surface area contributed by atoms with Crippen LogP contribution in [-0.4, -0.2) is 60.5 Å². The number of rotatable bonds is 9. The van der Waals surface area contributed by atoms with Gasteiger partial charge in [0.2, 0.25) is 0 Å². The molecule has 1 amide bonds. The van der Waals surface area contributed by atoms with E-state index in [0.717, 1.165) is 23.9 Å². The monoisotopic (exact) mass is 490 g/mol. The molecule has 8 nitrogen and oxygen atoms in total. The van der Waals surface area contributed by atoms with Gasteiger partial charge in [0.1, 0.15) is 12.4 Å². The third kappa shape index (κ3) is 7.66. The Balaban J connectivity index is 1.24. The number of ether oxygens (including phenoxy) is 2. The number of hydrogen-bond donors (Lipinski definition) is 1. The van der Waals surface area contributed by atoms with Gasteiger partial charge in [0, 0.05) is 36.3 Å². The summed E-state index contributed by atoms with van der Waals surface area (Å²) in [5, 5.41) is 3.54. The number of anilines is 2. The number of carbonyl (C=O) groups excluding carboxylic acids is 2. The molecule has 1 aromatic carbocycles. The van der Waals surface area contributed by atoms with E-state index in [1.807, 2.05) is 36.4 Å². The maximum atomic E-state index is 12.6. The SMILES string of the molecule is O=C(Nc1ccc(C(=O)/C=C/c2cccc(N3CCOCC3)n2)cc1)OCCSc1ccccn1. The van der Waals surface area contributed by atoms with E-state index in [-0.39, 0.29) is 12.4 Å². The van der Waals surface area contributed by atoms with Gasteiger partial charge in [0.25, 0.3) is 0 Å². The minimum atomic E-state index is -0.545. The molecule has 0 spiro atoms. The highest BCUT2D eigenvalue weighted by Crippen LogP contribution is 2.16. The number of allylic oxidation sites excluding steroid dienone is 1. The molecule has 1 aliphatic rings. The van der Waals surface area contributed by atoms with Crippen molar-refractivity contribution in [3.63, 3.8) is 0 Å². The van der Waals surface area contributed by atoms with Gasteiger partial charge >= 0.3 is 6.09 Å². The van der Waals surface area contributed by atoms with Crippen LogP contribution in [0.2, 0.25) is 0 Å². The Kier molecular flexibility index (Phi) is 8.85. The van der Waals surface area contributed by atoms with Crippen LogP contribution < -0.4 is 10.2 Å². The van der Waals surface area contributed by atoms with Crippen molar-refractivity contribution < 1.29 is 19.1 Å². The number of hydrogen-bond acceptors (Lipinski definition) is 8. The Morgan fingerprint density at radius 2 is 1.89 bits per heavy atom. The summed E-state index contributed by atoms with van der Waals surface area (Å²) in [6.07, 6.45) is 4.39. The van der Waals surface area contributed by atoms with Gasteiger partial charge in [-0.25, -0.2) is 14.8 Å². The molecule has 0 radical (unpaired) electrons. The lowest BCUT2D eigenvalue weighted by Crippen LogP contribution is -2.36. The van der Waals surface area contributed by atoms with E-state index in [1.165, 1.54) is 17.8 Å². The number of aromatic nitrogens is 2. The fourth-order valence-electron chi connectivity index (χ4n) is 3.34. The van der Waals surface area contributed by atoms with Crippen LogP contribution in [0.4, 0.5) is 16.3 Å². The molecule has 35 heavy (non-hydrogen) atoms. The molecule has 180 valence electrons. The van der Waals surface area contributed by atoms with E-state index in [2.05, 4.69) is 20.2 Å². The summed E-state index contributed by atoms with van der Waals surface area (Å²) in [6, 6.07) is 18.1. The number of pyridine rings is 2. The predicted octanol–water partition coefficient (Wildman–Crippen LogP) is 4.55. The van der Waals surface area contributed by atoms with Crippen LogP contribution in [-0.2, 0) is 9.47 Å². The molecule has 1 saturated heterocycles. The number of carbonyl (C=O) groups is 2. The average molecular weight is 491 g/mol. The third-order valence-corrected chi connectivity index (χ3v) is 6.02. The highest BCUT2D eigenvalue weighted by Gasteiger charge is 2.12. The molecule has 9 heteroatoms. The molecule has 0 saturated carbocycles. The zero-order valence-electron chi connectivity index (χ0n) is 19.1.